The largest absolute Gasteiger partial charge is 0.481 e. The van der Waals surface area contributed by atoms with Gasteiger partial charge in [0, 0.05) is 11.1 Å². The topological polar surface area (TPSA) is 46.5 Å². The first kappa shape index (κ1) is 17.3. The molecule has 3 nitrogen and oxygen atoms in total. The van der Waals surface area contributed by atoms with Crippen molar-refractivity contribution in [2.75, 3.05) is 0 Å². The Morgan fingerprint density at radius 2 is 1.70 bits per heavy atom. The minimum atomic E-state index is -0.753. The van der Waals surface area contributed by atoms with Crippen molar-refractivity contribution in [3.05, 3.63) is 83.7 Å². The van der Waals surface area contributed by atoms with Crippen LogP contribution >= 0.6 is 0 Å². The molecule has 0 saturated heterocycles. The van der Waals surface area contributed by atoms with Gasteiger partial charge in [-0.15, -0.1) is 0 Å². The Balaban J connectivity index is 1.66. The number of carboxylic acid groups (broad SMARTS) is 1. The highest BCUT2D eigenvalue weighted by atomic mass is 19.1. The van der Waals surface area contributed by atoms with Crippen molar-refractivity contribution in [2.24, 2.45) is 5.92 Å². The predicted molar refractivity (Wildman–Crippen MR) is 102 cm³/mol. The van der Waals surface area contributed by atoms with Gasteiger partial charge < -0.3 is 9.84 Å². The molecule has 0 radical (unpaired) electrons. The van der Waals surface area contributed by atoms with Gasteiger partial charge in [-0.2, -0.15) is 0 Å². The fourth-order valence-corrected chi connectivity index (χ4v) is 3.59. The van der Waals surface area contributed by atoms with Gasteiger partial charge in [-0.3, -0.25) is 4.79 Å². The van der Waals surface area contributed by atoms with Crippen molar-refractivity contribution in [2.45, 2.75) is 19.3 Å². The quantitative estimate of drug-likeness (QED) is 0.669. The molecule has 3 aromatic carbocycles. The van der Waals surface area contributed by atoms with Crippen LogP contribution in [0.25, 0.3) is 11.1 Å². The second-order valence-corrected chi connectivity index (χ2v) is 6.79. The van der Waals surface area contributed by atoms with E-state index < -0.39 is 5.97 Å². The molecule has 0 aromatic heterocycles. The monoisotopic (exact) mass is 362 g/mol. The Morgan fingerprint density at radius 3 is 2.48 bits per heavy atom. The van der Waals surface area contributed by atoms with Crippen LogP contribution in [0.5, 0.6) is 11.5 Å². The maximum absolute atomic E-state index is 14.2. The molecule has 0 spiro atoms. The van der Waals surface area contributed by atoms with Crippen molar-refractivity contribution < 1.29 is 19.0 Å². The molecule has 0 bridgehead atoms. The summed E-state index contributed by atoms with van der Waals surface area (Å²) in [4.78, 5) is 11.3. The number of aryl methyl sites for hydroxylation is 1. The molecule has 136 valence electrons. The molecule has 0 saturated carbocycles. The van der Waals surface area contributed by atoms with Gasteiger partial charge in [-0.25, -0.2) is 4.39 Å². The van der Waals surface area contributed by atoms with E-state index >= 15 is 0 Å². The maximum atomic E-state index is 14.2. The Labute approximate surface area is 157 Å². The van der Waals surface area contributed by atoms with Crippen molar-refractivity contribution in [3.63, 3.8) is 0 Å². The van der Waals surface area contributed by atoms with Crippen molar-refractivity contribution in [1.29, 1.82) is 0 Å². The number of para-hydroxylation sites is 1. The van der Waals surface area contributed by atoms with Gasteiger partial charge in [0.1, 0.15) is 17.3 Å². The molecular formula is C23H19FO3. The molecule has 0 fully saturated rings. The second-order valence-electron chi connectivity index (χ2n) is 6.79. The normalized spacial score (nSPS) is 15.8. The summed E-state index contributed by atoms with van der Waals surface area (Å²) in [6.07, 6.45) is 1.94. The minimum Gasteiger partial charge on any atom is -0.481 e. The van der Waals surface area contributed by atoms with Crippen LogP contribution in [0.4, 0.5) is 4.39 Å². The number of hydrogen-bond acceptors (Lipinski definition) is 2. The fourth-order valence-electron chi connectivity index (χ4n) is 3.59. The molecule has 3 aromatic rings. The molecule has 1 aliphatic rings. The van der Waals surface area contributed by atoms with Crippen molar-refractivity contribution >= 4 is 5.97 Å². The zero-order valence-corrected chi connectivity index (χ0v) is 14.7. The van der Waals surface area contributed by atoms with E-state index in [0.717, 1.165) is 12.0 Å². The van der Waals surface area contributed by atoms with Crippen molar-refractivity contribution in [1.82, 2.24) is 0 Å². The summed E-state index contributed by atoms with van der Waals surface area (Å²) in [7, 11) is 0. The fraction of sp³-hybridized carbons (Fsp3) is 0.174. The molecule has 1 atom stereocenters. The lowest BCUT2D eigenvalue weighted by Crippen LogP contribution is -2.22. The summed E-state index contributed by atoms with van der Waals surface area (Å²) < 4.78 is 20.3. The molecule has 4 heteroatoms. The molecular weight excluding hydrogens is 343 g/mol. The zero-order chi connectivity index (χ0) is 18.8. The van der Waals surface area contributed by atoms with Crippen LogP contribution in [0, 0.1) is 11.7 Å². The van der Waals surface area contributed by atoms with Gasteiger partial charge in [0.2, 0.25) is 0 Å². The lowest BCUT2D eigenvalue weighted by molar-refractivity contribution is -0.142. The summed E-state index contributed by atoms with van der Waals surface area (Å²) in [5.41, 5.74) is 3.34. The summed E-state index contributed by atoms with van der Waals surface area (Å²) in [6, 6.07) is 19.7. The number of halogens is 1. The summed E-state index contributed by atoms with van der Waals surface area (Å²) in [5.74, 6) is -0.213. The molecule has 0 amide bonds. The third-order valence-electron chi connectivity index (χ3n) is 5.03. The summed E-state index contributed by atoms with van der Waals surface area (Å²) >= 11 is 0. The summed E-state index contributed by atoms with van der Waals surface area (Å²) in [5, 5.41) is 9.29. The first-order chi connectivity index (χ1) is 13.1. The second kappa shape index (κ2) is 7.23. The average Bonchev–Trinajstić information content (AvgIpc) is 2.68. The third-order valence-corrected chi connectivity index (χ3v) is 5.03. The SMILES string of the molecule is O=C(O)C1CCc2ccc(Oc3ccccc3-c3ccccc3F)cc2C1. The first-order valence-electron chi connectivity index (χ1n) is 8.98. The van der Waals surface area contributed by atoms with Crippen LogP contribution in [-0.4, -0.2) is 11.1 Å². The van der Waals surface area contributed by atoms with Crippen LogP contribution in [0.1, 0.15) is 17.5 Å². The maximum Gasteiger partial charge on any atom is 0.306 e. The van der Waals surface area contributed by atoms with Gasteiger partial charge in [-0.1, -0.05) is 42.5 Å². The smallest absolute Gasteiger partial charge is 0.306 e. The standard InChI is InChI=1S/C23H19FO3/c24-21-7-3-1-5-19(21)20-6-2-4-8-22(20)27-18-12-11-15-9-10-16(23(25)26)13-17(15)14-18/h1-8,11-12,14,16H,9-10,13H2,(H,25,26). The van der Waals surface area contributed by atoms with Gasteiger partial charge in [0.15, 0.2) is 0 Å². The number of hydrogen-bond donors (Lipinski definition) is 1. The van der Waals surface area contributed by atoms with Crippen LogP contribution < -0.4 is 4.74 Å². The molecule has 27 heavy (non-hydrogen) atoms. The number of fused-ring (bicyclic) bond motifs is 1. The number of aliphatic carboxylic acids is 1. The van der Waals surface area contributed by atoms with E-state index in [-0.39, 0.29) is 11.7 Å². The third kappa shape index (κ3) is 3.56. The number of rotatable bonds is 4. The van der Waals surface area contributed by atoms with Crippen LogP contribution in [0.3, 0.4) is 0 Å². The Kier molecular flexibility index (Phi) is 4.63. The molecule has 1 N–H and O–H groups in total. The molecule has 0 aliphatic heterocycles. The number of carbonyl (C=O) groups is 1. The Morgan fingerprint density at radius 1 is 0.963 bits per heavy atom. The van der Waals surface area contributed by atoms with Crippen LogP contribution in [-0.2, 0) is 17.6 Å². The summed E-state index contributed by atoms with van der Waals surface area (Å²) in [6.45, 7) is 0. The predicted octanol–water partition coefficient (Wildman–Crippen LogP) is 5.47. The highest BCUT2D eigenvalue weighted by molar-refractivity contribution is 5.72. The van der Waals surface area contributed by atoms with Gasteiger partial charge in [0.05, 0.1) is 5.92 Å². The average molecular weight is 362 g/mol. The first-order valence-corrected chi connectivity index (χ1v) is 8.98. The number of benzene rings is 3. The number of carboxylic acids is 1. The lowest BCUT2D eigenvalue weighted by atomic mass is 9.84. The lowest BCUT2D eigenvalue weighted by Gasteiger charge is -2.22. The number of ether oxygens (including phenoxy) is 1. The van der Waals surface area contributed by atoms with E-state index in [2.05, 4.69) is 0 Å². The van der Waals surface area contributed by atoms with E-state index in [9.17, 15) is 14.3 Å². The van der Waals surface area contributed by atoms with Crippen LogP contribution in [0.2, 0.25) is 0 Å². The molecule has 4 rings (SSSR count). The molecule has 0 heterocycles. The zero-order valence-electron chi connectivity index (χ0n) is 14.7. The Hall–Kier alpha value is -3.14. The van der Waals surface area contributed by atoms with Crippen LogP contribution in [0.15, 0.2) is 66.7 Å². The van der Waals surface area contributed by atoms with E-state index in [0.29, 0.717) is 35.5 Å². The highest BCUT2D eigenvalue weighted by Crippen LogP contribution is 2.36. The van der Waals surface area contributed by atoms with Crippen molar-refractivity contribution in [3.8, 4) is 22.6 Å². The van der Waals surface area contributed by atoms with E-state index in [4.69, 9.17) is 4.74 Å². The minimum absolute atomic E-state index is 0.303. The van der Waals surface area contributed by atoms with Gasteiger partial charge in [-0.05, 0) is 54.7 Å². The van der Waals surface area contributed by atoms with Gasteiger partial charge in [0.25, 0.3) is 0 Å². The van der Waals surface area contributed by atoms with E-state index in [1.165, 1.54) is 11.6 Å². The molecule has 1 unspecified atom stereocenters. The highest BCUT2D eigenvalue weighted by Gasteiger charge is 2.24. The Bertz CT molecular complexity index is 996. The molecule has 1 aliphatic carbocycles. The van der Waals surface area contributed by atoms with E-state index in [1.54, 1.807) is 24.3 Å². The van der Waals surface area contributed by atoms with Gasteiger partial charge >= 0.3 is 5.97 Å². The van der Waals surface area contributed by atoms with E-state index in [1.807, 2.05) is 36.4 Å².